The van der Waals surface area contributed by atoms with Crippen LogP contribution >= 0.6 is 0 Å². The van der Waals surface area contributed by atoms with Crippen molar-refractivity contribution in [3.05, 3.63) is 83.6 Å². The summed E-state index contributed by atoms with van der Waals surface area (Å²) in [4.78, 5) is 4.36. The summed E-state index contributed by atoms with van der Waals surface area (Å²) in [6, 6.07) is 8.09. The van der Waals surface area contributed by atoms with Crippen molar-refractivity contribution in [1.82, 2.24) is 4.98 Å². The van der Waals surface area contributed by atoms with Crippen molar-refractivity contribution in [2.24, 2.45) is 11.8 Å². The number of fused-ring (bicyclic) bond motifs is 1. The number of likely N-dealkylation sites (tertiary alicyclic amines) is 1. The Morgan fingerprint density at radius 3 is 2.30 bits per heavy atom. The van der Waals surface area contributed by atoms with Gasteiger partial charge in [0.15, 0.2) is 0 Å². The summed E-state index contributed by atoms with van der Waals surface area (Å²) in [5, 5.41) is 12.4. The SMILES string of the molecule is C=CC1C[N+](Cc2cc(C(F)(F)F)cc(C(F)(F)F)c2)(C(C)C(O)c2ccnc3ccc(OC)cc23)CCC1C. The van der Waals surface area contributed by atoms with E-state index in [1.165, 1.54) is 7.11 Å². The molecule has 4 rings (SSSR count). The fourth-order valence-electron chi connectivity index (χ4n) is 5.90. The molecule has 40 heavy (non-hydrogen) atoms. The predicted molar refractivity (Wildman–Crippen MR) is 140 cm³/mol. The molecule has 4 nitrogen and oxygen atoms in total. The van der Waals surface area contributed by atoms with Crippen LogP contribution in [0.3, 0.4) is 0 Å². The molecule has 1 saturated heterocycles. The zero-order valence-electron chi connectivity index (χ0n) is 22.6. The molecule has 1 N–H and O–H groups in total. The zero-order valence-corrected chi connectivity index (χ0v) is 22.6. The maximum atomic E-state index is 13.7. The van der Waals surface area contributed by atoms with Crippen LogP contribution in [0.5, 0.6) is 5.75 Å². The lowest BCUT2D eigenvalue weighted by molar-refractivity contribution is -0.973. The number of aliphatic hydroxyl groups excluding tert-OH is 1. The Bertz CT molecular complexity index is 1340. The summed E-state index contributed by atoms with van der Waals surface area (Å²) in [5.74, 6) is 0.754. The number of methoxy groups -OCH3 is 1. The Balaban J connectivity index is 1.83. The van der Waals surface area contributed by atoms with Crippen LogP contribution in [0.15, 0.2) is 61.3 Å². The van der Waals surface area contributed by atoms with Gasteiger partial charge in [-0.2, -0.15) is 26.3 Å². The number of pyridine rings is 1. The highest BCUT2D eigenvalue weighted by atomic mass is 19.4. The number of rotatable bonds is 7. The highest BCUT2D eigenvalue weighted by Crippen LogP contribution is 2.41. The van der Waals surface area contributed by atoms with Gasteiger partial charge in [0.1, 0.15) is 24.4 Å². The average molecular weight is 568 g/mol. The quantitative estimate of drug-likeness (QED) is 0.182. The topological polar surface area (TPSA) is 42.4 Å². The van der Waals surface area contributed by atoms with Gasteiger partial charge in [-0.15, -0.1) is 6.58 Å². The van der Waals surface area contributed by atoms with Crippen molar-refractivity contribution >= 4 is 10.9 Å². The van der Waals surface area contributed by atoms with Gasteiger partial charge in [0.2, 0.25) is 0 Å². The second-order valence-corrected chi connectivity index (χ2v) is 10.8. The molecule has 1 aromatic heterocycles. The number of quaternary nitrogens is 1. The van der Waals surface area contributed by atoms with Gasteiger partial charge in [0, 0.05) is 23.1 Å². The Labute approximate surface area is 229 Å². The van der Waals surface area contributed by atoms with Crippen molar-refractivity contribution in [2.75, 3.05) is 20.2 Å². The molecule has 1 aliphatic heterocycles. The zero-order chi connectivity index (χ0) is 29.5. The third kappa shape index (κ3) is 5.98. The molecule has 216 valence electrons. The first-order chi connectivity index (χ1) is 18.7. The first kappa shape index (κ1) is 29.9. The van der Waals surface area contributed by atoms with E-state index in [2.05, 4.69) is 18.5 Å². The summed E-state index contributed by atoms with van der Waals surface area (Å²) < 4.78 is 87.4. The molecule has 1 fully saturated rings. The van der Waals surface area contributed by atoms with E-state index in [0.29, 0.717) is 41.7 Å². The fraction of sp³-hybridized carbons (Fsp3) is 0.433. The van der Waals surface area contributed by atoms with E-state index in [9.17, 15) is 31.4 Å². The summed E-state index contributed by atoms with van der Waals surface area (Å²) in [6.45, 7) is 8.54. The Morgan fingerprint density at radius 1 is 1.07 bits per heavy atom. The number of aliphatic hydroxyl groups is 1. The second-order valence-electron chi connectivity index (χ2n) is 10.8. The van der Waals surface area contributed by atoms with Crippen LogP contribution in [0.4, 0.5) is 26.3 Å². The van der Waals surface area contributed by atoms with E-state index in [4.69, 9.17) is 4.74 Å². The number of halogens is 6. The molecule has 5 atom stereocenters. The molecule has 5 unspecified atom stereocenters. The number of benzene rings is 2. The molecule has 2 heterocycles. The van der Waals surface area contributed by atoms with Gasteiger partial charge in [-0.05, 0) is 67.3 Å². The van der Waals surface area contributed by atoms with E-state index in [0.717, 1.165) is 12.1 Å². The van der Waals surface area contributed by atoms with E-state index in [1.54, 1.807) is 43.5 Å². The minimum absolute atomic E-state index is 0.0365. The number of ether oxygens (including phenoxy) is 1. The van der Waals surface area contributed by atoms with Crippen LogP contribution in [-0.4, -0.2) is 40.8 Å². The van der Waals surface area contributed by atoms with Crippen LogP contribution in [-0.2, 0) is 18.9 Å². The van der Waals surface area contributed by atoms with E-state index >= 15 is 0 Å². The van der Waals surface area contributed by atoms with Gasteiger partial charge in [-0.3, -0.25) is 4.98 Å². The second kappa shape index (κ2) is 11.0. The maximum absolute atomic E-state index is 13.7. The number of alkyl halides is 6. The fourth-order valence-corrected chi connectivity index (χ4v) is 5.90. The number of hydrogen-bond donors (Lipinski definition) is 1. The molecule has 0 radical (unpaired) electrons. The van der Waals surface area contributed by atoms with Gasteiger partial charge in [-0.25, -0.2) is 0 Å². The monoisotopic (exact) mass is 567 g/mol. The van der Waals surface area contributed by atoms with Crippen LogP contribution in [0.2, 0.25) is 0 Å². The van der Waals surface area contributed by atoms with Crippen LogP contribution in [0.25, 0.3) is 10.9 Å². The Morgan fingerprint density at radius 2 is 1.73 bits per heavy atom. The highest BCUT2D eigenvalue weighted by Gasteiger charge is 2.46. The third-order valence-corrected chi connectivity index (χ3v) is 8.40. The Kier molecular flexibility index (Phi) is 8.25. The van der Waals surface area contributed by atoms with Crippen LogP contribution < -0.4 is 4.74 Å². The Hall–Kier alpha value is -3.11. The molecule has 0 amide bonds. The molecular weight excluding hydrogens is 534 g/mol. The van der Waals surface area contributed by atoms with Crippen molar-refractivity contribution in [3.63, 3.8) is 0 Å². The summed E-state index contributed by atoms with van der Waals surface area (Å²) in [5.41, 5.74) is -1.59. The van der Waals surface area contributed by atoms with Crippen LogP contribution in [0, 0.1) is 11.8 Å². The average Bonchev–Trinajstić information content (AvgIpc) is 2.91. The van der Waals surface area contributed by atoms with Gasteiger partial charge in [0.05, 0.1) is 36.8 Å². The van der Waals surface area contributed by atoms with Crippen molar-refractivity contribution < 1.29 is 40.7 Å². The smallest absolute Gasteiger partial charge is 0.416 e. The number of hydrogen-bond acceptors (Lipinski definition) is 3. The van der Waals surface area contributed by atoms with Gasteiger partial charge >= 0.3 is 12.4 Å². The molecule has 2 aromatic carbocycles. The molecular formula is C30H33F6N2O2+. The molecule has 10 heteroatoms. The first-order valence-corrected chi connectivity index (χ1v) is 13.1. The number of aromatic nitrogens is 1. The predicted octanol–water partition coefficient (Wildman–Crippen LogP) is 7.56. The molecule has 3 aromatic rings. The minimum atomic E-state index is -4.94. The van der Waals surface area contributed by atoms with Crippen molar-refractivity contribution in [3.8, 4) is 5.75 Å². The summed E-state index contributed by atoms with van der Waals surface area (Å²) in [6.07, 6.45) is -6.95. The molecule has 1 aliphatic rings. The summed E-state index contributed by atoms with van der Waals surface area (Å²) in [7, 11) is 1.52. The normalized spacial score (nSPS) is 23.6. The maximum Gasteiger partial charge on any atom is 0.416 e. The van der Waals surface area contributed by atoms with Gasteiger partial charge in [-0.1, -0.05) is 13.0 Å². The molecule has 0 saturated carbocycles. The van der Waals surface area contributed by atoms with Crippen molar-refractivity contribution in [1.29, 1.82) is 0 Å². The highest BCUT2D eigenvalue weighted by molar-refractivity contribution is 5.83. The van der Waals surface area contributed by atoms with Gasteiger partial charge < -0.3 is 14.3 Å². The standard InChI is InChI=1S/C30H33F6N2O2/c1-5-21-17-38(11-9-18(21)2,16-20-12-22(29(31,32)33)14-23(13-20)30(34,35)36)19(3)28(39)25-8-10-37-27-7-6-24(40-4)15-26(25)27/h5-8,10,12-15,18-19,21,28,39H,1,9,11,16-17H2,2-4H3/q+1. The van der Waals surface area contributed by atoms with E-state index in [1.807, 2.05) is 0 Å². The van der Waals surface area contributed by atoms with Gasteiger partial charge in [0.25, 0.3) is 0 Å². The third-order valence-electron chi connectivity index (χ3n) is 8.40. The molecule has 0 spiro atoms. The first-order valence-electron chi connectivity index (χ1n) is 13.1. The lowest BCUT2D eigenvalue weighted by atomic mass is 9.82. The lowest BCUT2D eigenvalue weighted by Crippen LogP contribution is -2.61. The van der Waals surface area contributed by atoms with E-state index < -0.39 is 35.6 Å². The largest absolute Gasteiger partial charge is 0.497 e. The summed E-state index contributed by atoms with van der Waals surface area (Å²) >= 11 is 0. The molecule has 0 bridgehead atoms. The lowest BCUT2D eigenvalue weighted by Gasteiger charge is -2.51. The van der Waals surface area contributed by atoms with Crippen molar-refractivity contribution in [2.45, 2.75) is 51.3 Å². The number of piperidine rings is 1. The van der Waals surface area contributed by atoms with E-state index in [-0.39, 0.29) is 34.5 Å². The number of nitrogens with zero attached hydrogens (tertiary/aromatic N) is 2. The van der Waals surface area contributed by atoms with Crippen LogP contribution in [0.1, 0.15) is 48.6 Å². The molecule has 0 aliphatic carbocycles. The minimum Gasteiger partial charge on any atom is -0.497 e.